The molecule has 2 aromatic heterocycles. The number of ether oxygens (including phenoxy) is 2. The Bertz CT molecular complexity index is 881. The zero-order valence-electron chi connectivity index (χ0n) is 18.1. The molecule has 2 aromatic rings. The quantitative estimate of drug-likeness (QED) is 0.585. The Kier molecular flexibility index (Phi) is 7.14. The lowest BCUT2D eigenvalue weighted by Crippen LogP contribution is -2.53. The topological polar surface area (TPSA) is 84.8 Å². The maximum atomic E-state index is 11.4. The molecule has 7 nitrogen and oxygen atoms in total. The maximum Gasteiger partial charge on any atom is 0.305 e. The largest absolute Gasteiger partial charge is 0.481 e. The van der Waals surface area contributed by atoms with Crippen LogP contribution in [-0.2, 0) is 28.8 Å². The Morgan fingerprint density at radius 3 is 2.81 bits per heavy atom. The highest BCUT2D eigenvalue weighted by Crippen LogP contribution is 2.30. The molecular formula is C24H31N3O4. The molecule has 4 rings (SSSR count). The zero-order valence-corrected chi connectivity index (χ0v) is 18.1. The van der Waals surface area contributed by atoms with Gasteiger partial charge in [0, 0.05) is 49.4 Å². The predicted molar refractivity (Wildman–Crippen MR) is 116 cm³/mol. The van der Waals surface area contributed by atoms with Gasteiger partial charge in [-0.05, 0) is 55.7 Å². The van der Waals surface area contributed by atoms with Crippen LogP contribution in [0, 0.1) is 0 Å². The van der Waals surface area contributed by atoms with Crippen molar-refractivity contribution in [1.29, 1.82) is 0 Å². The number of nitrogens with zero attached hydrogens (tertiary/aromatic N) is 3. The molecule has 0 bridgehead atoms. The van der Waals surface area contributed by atoms with Crippen LogP contribution >= 0.6 is 0 Å². The average Bonchev–Trinajstić information content (AvgIpc) is 2.76. The lowest BCUT2D eigenvalue weighted by Gasteiger charge is -2.43. The molecule has 31 heavy (non-hydrogen) atoms. The third kappa shape index (κ3) is 5.60. The minimum atomic E-state index is -0.817. The summed E-state index contributed by atoms with van der Waals surface area (Å²) in [5.41, 5.74) is 4.76. The monoisotopic (exact) mass is 425 g/mol. The standard InChI is InChI=1S/C24H31N3O4/c1-30-23-11-9-18(14-25-23)22(13-24(28)29)27-15-20(16-27)31-12-4-6-19-10-8-17-5-2-3-7-21(17)26-19/h8-11,14,20,22H,2-7,12-13,15-16H2,1H3,(H,28,29). The molecule has 0 spiro atoms. The van der Waals surface area contributed by atoms with E-state index in [1.54, 1.807) is 19.4 Å². The first kappa shape index (κ1) is 21.7. The van der Waals surface area contributed by atoms with Gasteiger partial charge < -0.3 is 14.6 Å². The second-order valence-electron chi connectivity index (χ2n) is 8.41. The Morgan fingerprint density at radius 1 is 1.23 bits per heavy atom. The van der Waals surface area contributed by atoms with Gasteiger partial charge in [0.2, 0.25) is 5.88 Å². The molecule has 1 fully saturated rings. The van der Waals surface area contributed by atoms with E-state index in [1.807, 2.05) is 6.07 Å². The number of likely N-dealkylation sites (tertiary alicyclic amines) is 1. The van der Waals surface area contributed by atoms with Gasteiger partial charge in [-0.1, -0.05) is 12.1 Å². The first-order valence-electron chi connectivity index (χ1n) is 11.2. The summed E-state index contributed by atoms with van der Waals surface area (Å²) < 4.78 is 11.1. The SMILES string of the molecule is COc1ccc(C(CC(=O)O)N2CC(OCCCc3ccc4c(n3)CCCC4)C2)cn1. The minimum absolute atomic E-state index is 0.0464. The number of methoxy groups -OCH3 is 1. The fraction of sp³-hybridized carbons (Fsp3) is 0.542. The van der Waals surface area contributed by atoms with Crippen molar-refractivity contribution in [2.24, 2.45) is 0 Å². The van der Waals surface area contributed by atoms with Crippen molar-refractivity contribution in [2.75, 3.05) is 26.8 Å². The number of aryl methyl sites for hydroxylation is 3. The number of hydrogen-bond donors (Lipinski definition) is 1. The fourth-order valence-electron chi connectivity index (χ4n) is 4.43. The Balaban J connectivity index is 1.22. The molecule has 0 amide bonds. The van der Waals surface area contributed by atoms with Crippen LogP contribution < -0.4 is 4.74 Å². The summed E-state index contributed by atoms with van der Waals surface area (Å²) in [6.07, 6.45) is 8.59. The third-order valence-corrected chi connectivity index (χ3v) is 6.20. The molecule has 3 heterocycles. The van der Waals surface area contributed by atoms with Crippen molar-refractivity contribution in [1.82, 2.24) is 14.9 Å². The number of aromatic nitrogens is 2. The van der Waals surface area contributed by atoms with Gasteiger partial charge in [-0.15, -0.1) is 0 Å². The molecule has 0 radical (unpaired) electrons. The van der Waals surface area contributed by atoms with Gasteiger partial charge in [0.15, 0.2) is 0 Å². The summed E-state index contributed by atoms with van der Waals surface area (Å²) in [4.78, 5) is 22.6. The van der Waals surface area contributed by atoms with Gasteiger partial charge in [-0.2, -0.15) is 0 Å². The van der Waals surface area contributed by atoms with Crippen molar-refractivity contribution in [2.45, 2.75) is 57.1 Å². The van der Waals surface area contributed by atoms with Crippen molar-refractivity contribution in [3.05, 3.63) is 53.0 Å². The third-order valence-electron chi connectivity index (χ3n) is 6.20. The van der Waals surface area contributed by atoms with Gasteiger partial charge in [0.1, 0.15) is 0 Å². The van der Waals surface area contributed by atoms with Crippen LogP contribution in [-0.4, -0.2) is 58.9 Å². The lowest BCUT2D eigenvalue weighted by molar-refractivity contribution is -0.140. The molecule has 1 saturated heterocycles. The molecule has 1 aliphatic carbocycles. The van der Waals surface area contributed by atoms with Crippen LogP contribution in [0.25, 0.3) is 0 Å². The van der Waals surface area contributed by atoms with Gasteiger partial charge in [-0.3, -0.25) is 14.7 Å². The molecule has 0 saturated carbocycles. The van der Waals surface area contributed by atoms with Crippen molar-refractivity contribution < 1.29 is 19.4 Å². The Hall–Kier alpha value is -2.51. The van der Waals surface area contributed by atoms with Gasteiger partial charge >= 0.3 is 5.97 Å². The van der Waals surface area contributed by atoms with Crippen LogP contribution in [0.3, 0.4) is 0 Å². The number of rotatable bonds is 10. The first-order valence-corrected chi connectivity index (χ1v) is 11.2. The molecule has 1 unspecified atom stereocenters. The van der Waals surface area contributed by atoms with Gasteiger partial charge in [-0.25, -0.2) is 4.98 Å². The molecular weight excluding hydrogens is 394 g/mol. The van der Waals surface area contributed by atoms with Crippen LogP contribution in [0.1, 0.15) is 54.2 Å². The molecule has 7 heteroatoms. The summed E-state index contributed by atoms with van der Waals surface area (Å²) in [6, 6.07) is 7.87. The number of hydrogen-bond acceptors (Lipinski definition) is 6. The van der Waals surface area contributed by atoms with E-state index in [1.165, 1.54) is 30.5 Å². The van der Waals surface area contributed by atoms with E-state index in [9.17, 15) is 9.90 Å². The fourth-order valence-corrected chi connectivity index (χ4v) is 4.43. The lowest BCUT2D eigenvalue weighted by atomic mass is 9.95. The Morgan fingerprint density at radius 2 is 2.06 bits per heavy atom. The van der Waals surface area contributed by atoms with Gasteiger partial charge in [0.05, 0.1) is 19.6 Å². The molecule has 2 aliphatic rings. The van der Waals surface area contributed by atoms with Gasteiger partial charge in [0.25, 0.3) is 0 Å². The number of fused-ring (bicyclic) bond motifs is 1. The van der Waals surface area contributed by atoms with E-state index in [0.29, 0.717) is 12.5 Å². The summed E-state index contributed by atoms with van der Waals surface area (Å²) in [5, 5.41) is 9.33. The molecule has 1 aliphatic heterocycles. The van der Waals surface area contributed by atoms with E-state index < -0.39 is 5.97 Å². The van der Waals surface area contributed by atoms with E-state index in [4.69, 9.17) is 14.5 Å². The van der Waals surface area contributed by atoms with E-state index in [0.717, 1.165) is 43.6 Å². The minimum Gasteiger partial charge on any atom is -0.481 e. The van der Waals surface area contributed by atoms with Crippen LogP contribution in [0.15, 0.2) is 30.5 Å². The van der Waals surface area contributed by atoms with Crippen molar-refractivity contribution >= 4 is 5.97 Å². The second-order valence-corrected chi connectivity index (χ2v) is 8.41. The highest BCUT2D eigenvalue weighted by molar-refractivity contribution is 5.68. The van der Waals surface area contributed by atoms with E-state index in [2.05, 4.69) is 22.0 Å². The zero-order chi connectivity index (χ0) is 21.6. The smallest absolute Gasteiger partial charge is 0.305 e. The highest BCUT2D eigenvalue weighted by atomic mass is 16.5. The van der Waals surface area contributed by atoms with Crippen LogP contribution in [0.4, 0.5) is 0 Å². The predicted octanol–water partition coefficient (Wildman–Crippen LogP) is 3.21. The average molecular weight is 426 g/mol. The summed E-state index contributed by atoms with van der Waals surface area (Å²) in [7, 11) is 1.57. The maximum absolute atomic E-state index is 11.4. The number of carbonyl (C=O) groups is 1. The number of carboxylic acids is 1. The van der Waals surface area contributed by atoms with Crippen LogP contribution in [0.5, 0.6) is 5.88 Å². The molecule has 0 aromatic carbocycles. The molecule has 166 valence electrons. The van der Waals surface area contributed by atoms with Crippen molar-refractivity contribution in [3.8, 4) is 5.88 Å². The number of pyridine rings is 2. The first-order chi connectivity index (χ1) is 15.1. The summed E-state index contributed by atoms with van der Waals surface area (Å²) in [5.74, 6) is -0.293. The van der Waals surface area contributed by atoms with Crippen molar-refractivity contribution in [3.63, 3.8) is 0 Å². The molecule has 1 atom stereocenters. The summed E-state index contributed by atoms with van der Waals surface area (Å²) >= 11 is 0. The number of aliphatic carboxylic acids is 1. The van der Waals surface area contributed by atoms with Crippen LogP contribution in [0.2, 0.25) is 0 Å². The highest BCUT2D eigenvalue weighted by Gasteiger charge is 2.35. The van der Waals surface area contributed by atoms with E-state index >= 15 is 0 Å². The second kappa shape index (κ2) is 10.2. The Labute approximate surface area is 183 Å². The molecule has 1 N–H and O–H groups in total. The summed E-state index contributed by atoms with van der Waals surface area (Å²) in [6.45, 7) is 2.17. The number of carboxylic acid groups (broad SMARTS) is 1. The van der Waals surface area contributed by atoms with E-state index in [-0.39, 0.29) is 18.6 Å². The normalized spacial score (nSPS) is 17.6.